The second-order valence-corrected chi connectivity index (χ2v) is 4.82. The third-order valence-electron chi connectivity index (χ3n) is 3.54. The minimum absolute atomic E-state index is 0.736. The van der Waals surface area contributed by atoms with Gasteiger partial charge in [-0.1, -0.05) is 53.9 Å². The Morgan fingerprint density at radius 1 is 0.933 bits per heavy atom. The van der Waals surface area contributed by atoms with Gasteiger partial charge >= 0.3 is 0 Å². The normalized spacial score (nSPS) is 15.6. The summed E-state index contributed by atoms with van der Waals surface area (Å²) in [5, 5.41) is 3.76. The molecule has 0 radical (unpaired) electrons. The minimum Gasteiger partial charge on any atom is -0.313 e. The summed E-state index contributed by atoms with van der Waals surface area (Å²) >= 11 is 0. The fourth-order valence-electron chi connectivity index (χ4n) is 2.57. The van der Waals surface area contributed by atoms with Gasteiger partial charge < -0.3 is 5.32 Å². The molecular weight excluding hydrogens is 182 g/mol. The van der Waals surface area contributed by atoms with Crippen molar-refractivity contribution in [1.82, 2.24) is 5.32 Å². The molecule has 1 heteroatoms. The molecule has 0 aromatic rings. The van der Waals surface area contributed by atoms with Crippen LogP contribution in [0.5, 0.6) is 0 Å². The fourth-order valence-corrected chi connectivity index (χ4v) is 2.57. The molecule has 15 heavy (non-hydrogen) atoms. The van der Waals surface area contributed by atoms with Gasteiger partial charge in [0.05, 0.1) is 0 Å². The second kappa shape index (κ2) is 9.21. The molecule has 0 aromatic carbocycles. The van der Waals surface area contributed by atoms with E-state index in [0.717, 1.165) is 17.9 Å². The summed E-state index contributed by atoms with van der Waals surface area (Å²) in [7, 11) is 0. The molecule has 1 N–H and O–H groups in total. The van der Waals surface area contributed by atoms with Gasteiger partial charge in [0, 0.05) is 6.04 Å². The van der Waals surface area contributed by atoms with Crippen LogP contribution in [0.15, 0.2) is 0 Å². The lowest BCUT2D eigenvalue weighted by Gasteiger charge is -2.32. The van der Waals surface area contributed by atoms with Crippen molar-refractivity contribution in [3.05, 3.63) is 0 Å². The van der Waals surface area contributed by atoms with Crippen molar-refractivity contribution >= 4 is 0 Å². The smallest absolute Gasteiger partial charge is 0.0121 e. The standard InChI is InChI=1S/C14H31N/c1-6-10-12(5)14(15-11-7-2)13(8-3)9-4/h12-15H,6-11H2,1-5H3. The number of hydrogen-bond donors (Lipinski definition) is 1. The maximum atomic E-state index is 3.76. The Labute approximate surface area is 97.0 Å². The largest absolute Gasteiger partial charge is 0.313 e. The Morgan fingerprint density at radius 2 is 1.53 bits per heavy atom. The Morgan fingerprint density at radius 3 is 1.93 bits per heavy atom. The van der Waals surface area contributed by atoms with E-state index in [2.05, 4.69) is 39.9 Å². The predicted octanol–water partition coefficient (Wildman–Crippen LogP) is 4.23. The number of nitrogens with one attached hydrogen (secondary N) is 1. The van der Waals surface area contributed by atoms with E-state index in [-0.39, 0.29) is 0 Å². The summed E-state index contributed by atoms with van der Waals surface area (Å²) in [6, 6.07) is 0.736. The molecule has 0 amide bonds. The van der Waals surface area contributed by atoms with Gasteiger partial charge in [0.2, 0.25) is 0 Å². The Bertz CT molecular complexity index is 129. The van der Waals surface area contributed by atoms with Crippen molar-refractivity contribution in [1.29, 1.82) is 0 Å². The quantitative estimate of drug-likeness (QED) is 0.604. The minimum atomic E-state index is 0.736. The van der Waals surface area contributed by atoms with Crippen LogP contribution in [0.1, 0.15) is 66.7 Å². The first-order valence-electron chi connectivity index (χ1n) is 6.94. The summed E-state index contributed by atoms with van der Waals surface area (Å²) in [6.07, 6.45) is 6.54. The lowest BCUT2D eigenvalue weighted by atomic mass is 9.83. The Balaban J connectivity index is 4.25. The number of rotatable bonds is 9. The van der Waals surface area contributed by atoms with Crippen LogP contribution in [0.25, 0.3) is 0 Å². The highest BCUT2D eigenvalue weighted by atomic mass is 14.9. The van der Waals surface area contributed by atoms with Crippen LogP contribution in [-0.2, 0) is 0 Å². The van der Waals surface area contributed by atoms with Gasteiger partial charge in [0.25, 0.3) is 0 Å². The fraction of sp³-hybridized carbons (Fsp3) is 1.00. The van der Waals surface area contributed by atoms with Crippen LogP contribution in [-0.4, -0.2) is 12.6 Å². The van der Waals surface area contributed by atoms with E-state index < -0.39 is 0 Å². The molecule has 0 bridgehead atoms. The summed E-state index contributed by atoms with van der Waals surface area (Å²) < 4.78 is 0. The van der Waals surface area contributed by atoms with Gasteiger partial charge in [-0.3, -0.25) is 0 Å². The molecular formula is C14H31N. The van der Waals surface area contributed by atoms with E-state index >= 15 is 0 Å². The third kappa shape index (κ3) is 5.55. The molecule has 0 heterocycles. The molecule has 0 saturated heterocycles. The molecule has 0 fully saturated rings. The molecule has 0 rings (SSSR count). The first-order chi connectivity index (χ1) is 7.21. The second-order valence-electron chi connectivity index (χ2n) is 4.82. The molecule has 0 aliphatic rings. The first kappa shape index (κ1) is 15.0. The lowest BCUT2D eigenvalue weighted by Crippen LogP contribution is -2.41. The van der Waals surface area contributed by atoms with Crippen molar-refractivity contribution in [3.8, 4) is 0 Å². The molecule has 0 spiro atoms. The Kier molecular flexibility index (Phi) is 9.18. The zero-order valence-electron chi connectivity index (χ0n) is 11.5. The maximum absolute atomic E-state index is 3.76. The summed E-state index contributed by atoms with van der Waals surface area (Å²) in [5.41, 5.74) is 0. The first-order valence-corrected chi connectivity index (χ1v) is 6.94. The van der Waals surface area contributed by atoms with Crippen molar-refractivity contribution in [2.45, 2.75) is 72.8 Å². The summed E-state index contributed by atoms with van der Waals surface area (Å²) in [5.74, 6) is 1.68. The summed E-state index contributed by atoms with van der Waals surface area (Å²) in [6.45, 7) is 12.8. The van der Waals surface area contributed by atoms with E-state index in [1.165, 1.54) is 38.6 Å². The Hall–Kier alpha value is -0.0400. The van der Waals surface area contributed by atoms with E-state index in [0.29, 0.717) is 0 Å². The van der Waals surface area contributed by atoms with Gasteiger partial charge in [-0.25, -0.2) is 0 Å². The third-order valence-corrected chi connectivity index (χ3v) is 3.54. The van der Waals surface area contributed by atoms with E-state index in [9.17, 15) is 0 Å². The van der Waals surface area contributed by atoms with E-state index in [1.54, 1.807) is 0 Å². The zero-order chi connectivity index (χ0) is 11.7. The van der Waals surface area contributed by atoms with Crippen molar-refractivity contribution in [2.75, 3.05) is 6.54 Å². The molecule has 2 atom stereocenters. The van der Waals surface area contributed by atoms with Gasteiger partial charge in [0.15, 0.2) is 0 Å². The maximum Gasteiger partial charge on any atom is 0.0121 e. The van der Waals surface area contributed by atoms with Crippen molar-refractivity contribution < 1.29 is 0 Å². The van der Waals surface area contributed by atoms with Gasteiger partial charge in [-0.15, -0.1) is 0 Å². The molecule has 0 aliphatic heterocycles. The molecule has 92 valence electrons. The molecule has 1 nitrogen and oxygen atoms in total. The monoisotopic (exact) mass is 213 g/mol. The number of hydrogen-bond acceptors (Lipinski definition) is 1. The van der Waals surface area contributed by atoms with Gasteiger partial charge in [-0.05, 0) is 31.2 Å². The molecule has 0 aromatic heterocycles. The van der Waals surface area contributed by atoms with Crippen LogP contribution in [0.2, 0.25) is 0 Å². The highest BCUT2D eigenvalue weighted by molar-refractivity contribution is 4.79. The molecule has 2 unspecified atom stereocenters. The van der Waals surface area contributed by atoms with E-state index in [1.807, 2.05) is 0 Å². The topological polar surface area (TPSA) is 12.0 Å². The van der Waals surface area contributed by atoms with Gasteiger partial charge in [0.1, 0.15) is 0 Å². The van der Waals surface area contributed by atoms with Crippen molar-refractivity contribution in [2.24, 2.45) is 11.8 Å². The lowest BCUT2D eigenvalue weighted by molar-refractivity contribution is 0.246. The average Bonchev–Trinajstić information content (AvgIpc) is 2.24. The average molecular weight is 213 g/mol. The van der Waals surface area contributed by atoms with E-state index in [4.69, 9.17) is 0 Å². The van der Waals surface area contributed by atoms with Crippen LogP contribution in [0.3, 0.4) is 0 Å². The SMILES string of the molecule is CCCNC(C(C)CCC)C(CC)CC. The highest BCUT2D eigenvalue weighted by Crippen LogP contribution is 2.23. The van der Waals surface area contributed by atoms with Crippen molar-refractivity contribution in [3.63, 3.8) is 0 Å². The van der Waals surface area contributed by atoms with Crippen LogP contribution >= 0.6 is 0 Å². The highest BCUT2D eigenvalue weighted by Gasteiger charge is 2.22. The molecule has 0 saturated carbocycles. The van der Waals surface area contributed by atoms with Crippen LogP contribution in [0, 0.1) is 11.8 Å². The van der Waals surface area contributed by atoms with Crippen LogP contribution in [0.4, 0.5) is 0 Å². The molecule has 0 aliphatic carbocycles. The predicted molar refractivity (Wildman–Crippen MR) is 70.2 cm³/mol. The summed E-state index contributed by atoms with van der Waals surface area (Å²) in [4.78, 5) is 0. The van der Waals surface area contributed by atoms with Crippen LogP contribution < -0.4 is 5.32 Å². The van der Waals surface area contributed by atoms with Gasteiger partial charge in [-0.2, -0.15) is 0 Å². The zero-order valence-corrected chi connectivity index (χ0v) is 11.5.